The van der Waals surface area contributed by atoms with E-state index in [9.17, 15) is 0 Å². The monoisotopic (exact) mass is 347 g/mol. The summed E-state index contributed by atoms with van der Waals surface area (Å²) in [6, 6.07) is 8.33. The van der Waals surface area contributed by atoms with Crippen LogP contribution >= 0.6 is 22.9 Å². The Morgan fingerprint density at radius 3 is 2.61 bits per heavy atom. The second-order valence-electron chi connectivity index (χ2n) is 5.43. The number of anilines is 1. The fourth-order valence-electron chi connectivity index (χ4n) is 2.40. The minimum Gasteiger partial charge on any atom is -0.494 e. The van der Waals surface area contributed by atoms with Crippen molar-refractivity contribution >= 4 is 39.0 Å². The molecule has 3 aromatic rings. The number of hydrogen-bond acceptors (Lipinski definition) is 5. The maximum absolute atomic E-state index is 6.05. The highest BCUT2D eigenvalue weighted by atomic mass is 35.5. The molecule has 0 spiro atoms. The first-order valence-corrected chi connectivity index (χ1v) is 8.78. The molecule has 0 aliphatic rings. The van der Waals surface area contributed by atoms with Gasteiger partial charge >= 0.3 is 0 Å². The molecule has 3 rings (SSSR count). The van der Waals surface area contributed by atoms with Gasteiger partial charge in [0.15, 0.2) is 0 Å². The largest absolute Gasteiger partial charge is 0.494 e. The van der Waals surface area contributed by atoms with Crippen LogP contribution in [-0.4, -0.2) is 22.6 Å². The van der Waals surface area contributed by atoms with Crippen LogP contribution in [0.4, 0.5) is 5.82 Å². The molecule has 0 saturated carbocycles. The van der Waals surface area contributed by atoms with Crippen molar-refractivity contribution in [2.75, 3.05) is 11.9 Å². The second kappa shape index (κ2) is 6.72. The van der Waals surface area contributed by atoms with E-state index in [0.29, 0.717) is 6.61 Å². The third-order valence-electron chi connectivity index (χ3n) is 3.31. The van der Waals surface area contributed by atoms with E-state index in [1.807, 2.05) is 19.1 Å². The molecule has 0 bridgehead atoms. The molecule has 2 heterocycles. The summed E-state index contributed by atoms with van der Waals surface area (Å²) < 4.78 is 5.51. The van der Waals surface area contributed by atoms with Gasteiger partial charge in [0.05, 0.1) is 12.0 Å². The summed E-state index contributed by atoms with van der Waals surface area (Å²) in [5.74, 6) is 1.65. The normalized spacial score (nSPS) is 11.2. The van der Waals surface area contributed by atoms with Crippen molar-refractivity contribution in [3.63, 3.8) is 0 Å². The first-order chi connectivity index (χ1) is 11.1. The summed E-state index contributed by atoms with van der Waals surface area (Å²) in [5.41, 5.74) is 2.21. The number of thiophene rings is 1. The Balaban J connectivity index is 2.10. The van der Waals surface area contributed by atoms with Gasteiger partial charge in [-0.1, -0.05) is 12.1 Å². The van der Waals surface area contributed by atoms with Gasteiger partial charge in [-0.15, -0.1) is 11.3 Å². The molecule has 0 fully saturated rings. The number of nitrogens with zero attached hydrogens (tertiary/aromatic N) is 2. The van der Waals surface area contributed by atoms with Crippen LogP contribution in [0.15, 0.2) is 29.6 Å². The van der Waals surface area contributed by atoms with Gasteiger partial charge in [0.25, 0.3) is 0 Å². The lowest BCUT2D eigenvalue weighted by Crippen LogP contribution is -2.11. The third-order valence-corrected chi connectivity index (χ3v) is 4.35. The Morgan fingerprint density at radius 2 is 1.96 bits per heavy atom. The average Bonchev–Trinajstić information content (AvgIpc) is 2.91. The van der Waals surface area contributed by atoms with Crippen LogP contribution < -0.4 is 10.1 Å². The summed E-state index contributed by atoms with van der Waals surface area (Å²) in [6.45, 7) is 6.79. The van der Waals surface area contributed by atoms with Crippen molar-refractivity contribution in [1.29, 1.82) is 0 Å². The summed E-state index contributed by atoms with van der Waals surface area (Å²) >= 11 is 7.62. The molecule has 0 atom stereocenters. The summed E-state index contributed by atoms with van der Waals surface area (Å²) in [7, 11) is 0. The fraction of sp³-hybridized carbons (Fsp3) is 0.294. The van der Waals surface area contributed by atoms with Crippen LogP contribution in [0.1, 0.15) is 20.8 Å². The van der Waals surface area contributed by atoms with Crippen molar-refractivity contribution < 1.29 is 4.74 Å². The zero-order valence-electron chi connectivity index (χ0n) is 13.3. The number of benzene rings is 1. The number of rotatable bonds is 5. The van der Waals surface area contributed by atoms with Crippen LogP contribution in [0.5, 0.6) is 5.75 Å². The van der Waals surface area contributed by atoms with Gasteiger partial charge in [0.2, 0.25) is 5.28 Å². The molecular formula is C17H18ClN3OS. The second-order valence-corrected chi connectivity index (χ2v) is 6.62. The van der Waals surface area contributed by atoms with E-state index in [4.69, 9.17) is 16.3 Å². The number of hydrogen-bond donors (Lipinski definition) is 1. The average molecular weight is 348 g/mol. The topological polar surface area (TPSA) is 47.0 Å². The Kier molecular flexibility index (Phi) is 4.68. The first kappa shape index (κ1) is 16.0. The molecular weight excluding hydrogens is 330 g/mol. The van der Waals surface area contributed by atoms with E-state index < -0.39 is 0 Å². The zero-order chi connectivity index (χ0) is 16.4. The van der Waals surface area contributed by atoms with Crippen LogP contribution in [0, 0.1) is 0 Å². The Hall–Kier alpha value is -1.85. The standard InChI is InChI=1S/C17H18ClN3OS/c1-4-22-12-7-5-11(6-8-12)13-9-23-16-14(13)15(19-10(2)3)20-17(18)21-16/h5-10H,4H2,1-3H3,(H,19,20,21). The van der Waals surface area contributed by atoms with Crippen LogP contribution in [0.3, 0.4) is 0 Å². The van der Waals surface area contributed by atoms with E-state index >= 15 is 0 Å². The summed E-state index contributed by atoms with van der Waals surface area (Å²) in [5, 5.41) is 6.73. The fourth-order valence-corrected chi connectivity index (χ4v) is 3.57. The summed E-state index contributed by atoms with van der Waals surface area (Å²) in [4.78, 5) is 9.60. The van der Waals surface area contributed by atoms with E-state index in [1.165, 1.54) is 0 Å². The molecule has 1 N–H and O–H groups in total. The van der Waals surface area contributed by atoms with Crippen molar-refractivity contribution in [1.82, 2.24) is 9.97 Å². The van der Waals surface area contributed by atoms with Crippen LogP contribution in [0.2, 0.25) is 5.28 Å². The molecule has 120 valence electrons. The Bertz CT molecular complexity index is 815. The quantitative estimate of drug-likeness (QED) is 0.642. The number of ether oxygens (including phenoxy) is 1. The zero-order valence-corrected chi connectivity index (χ0v) is 14.8. The van der Waals surface area contributed by atoms with Gasteiger partial charge in [-0.2, -0.15) is 0 Å². The van der Waals surface area contributed by atoms with E-state index in [-0.39, 0.29) is 11.3 Å². The van der Waals surface area contributed by atoms with Crippen molar-refractivity contribution in [3.8, 4) is 16.9 Å². The smallest absolute Gasteiger partial charge is 0.225 e. The van der Waals surface area contributed by atoms with Gasteiger partial charge in [-0.25, -0.2) is 9.97 Å². The predicted octanol–water partition coefficient (Wildman–Crippen LogP) is 5.23. The van der Waals surface area contributed by atoms with Crippen molar-refractivity contribution in [2.24, 2.45) is 0 Å². The molecule has 0 unspecified atom stereocenters. The predicted molar refractivity (Wildman–Crippen MR) is 97.8 cm³/mol. The number of halogens is 1. The molecule has 1 aromatic carbocycles. The lowest BCUT2D eigenvalue weighted by atomic mass is 10.1. The van der Waals surface area contributed by atoms with Gasteiger partial charge in [-0.05, 0) is 50.1 Å². The van der Waals surface area contributed by atoms with Gasteiger partial charge < -0.3 is 10.1 Å². The Labute approximate surface area is 144 Å². The minimum atomic E-state index is 0.261. The Morgan fingerprint density at radius 1 is 1.22 bits per heavy atom. The molecule has 2 aromatic heterocycles. The minimum absolute atomic E-state index is 0.261. The molecule has 0 radical (unpaired) electrons. The van der Waals surface area contributed by atoms with Gasteiger partial charge in [0.1, 0.15) is 16.4 Å². The van der Waals surface area contributed by atoms with Crippen LogP contribution in [-0.2, 0) is 0 Å². The molecule has 0 amide bonds. The van der Waals surface area contributed by atoms with Crippen LogP contribution in [0.25, 0.3) is 21.3 Å². The number of nitrogens with one attached hydrogen (secondary N) is 1. The maximum Gasteiger partial charge on any atom is 0.225 e. The van der Waals surface area contributed by atoms with Gasteiger partial charge in [0, 0.05) is 17.0 Å². The number of fused-ring (bicyclic) bond motifs is 1. The van der Waals surface area contributed by atoms with Crippen molar-refractivity contribution in [2.45, 2.75) is 26.8 Å². The summed E-state index contributed by atoms with van der Waals surface area (Å²) in [6.07, 6.45) is 0. The molecule has 4 nitrogen and oxygen atoms in total. The molecule has 0 aliphatic carbocycles. The molecule has 6 heteroatoms. The molecule has 0 aliphatic heterocycles. The molecule has 23 heavy (non-hydrogen) atoms. The highest BCUT2D eigenvalue weighted by molar-refractivity contribution is 7.17. The first-order valence-electron chi connectivity index (χ1n) is 7.53. The van der Waals surface area contributed by atoms with E-state index in [1.54, 1.807) is 11.3 Å². The third kappa shape index (κ3) is 3.41. The lowest BCUT2D eigenvalue weighted by Gasteiger charge is -2.12. The van der Waals surface area contributed by atoms with E-state index in [0.717, 1.165) is 32.9 Å². The van der Waals surface area contributed by atoms with Gasteiger partial charge in [-0.3, -0.25) is 0 Å². The number of aromatic nitrogens is 2. The lowest BCUT2D eigenvalue weighted by molar-refractivity contribution is 0.340. The molecule has 0 saturated heterocycles. The highest BCUT2D eigenvalue weighted by Crippen LogP contribution is 2.38. The van der Waals surface area contributed by atoms with E-state index in [2.05, 4.69) is 46.6 Å². The van der Waals surface area contributed by atoms with Crippen molar-refractivity contribution in [3.05, 3.63) is 34.9 Å². The highest BCUT2D eigenvalue weighted by Gasteiger charge is 2.15. The maximum atomic E-state index is 6.05. The SMILES string of the molecule is CCOc1ccc(-c2csc3nc(Cl)nc(NC(C)C)c23)cc1.